The van der Waals surface area contributed by atoms with Crippen LogP contribution in [0.3, 0.4) is 0 Å². The van der Waals surface area contributed by atoms with Gasteiger partial charge in [-0.2, -0.15) is 0 Å². The molecule has 0 unspecified atom stereocenters. The first kappa shape index (κ1) is 23.5. The smallest absolute Gasteiger partial charge is 0.408 e. The number of carbonyl (C=O) groups excluding carboxylic acids is 3. The van der Waals surface area contributed by atoms with Crippen LogP contribution in [0.5, 0.6) is 0 Å². The van der Waals surface area contributed by atoms with Gasteiger partial charge in [-0.3, -0.25) is 4.79 Å². The summed E-state index contributed by atoms with van der Waals surface area (Å²) in [6.45, 7) is 10.5. The monoisotopic (exact) mass is 393 g/mol. The second kappa shape index (κ2) is 10.1. The molecule has 7 nitrogen and oxygen atoms in total. The number of carbonyl (C=O) groups is 3. The van der Waals surface area contributed by atoms with Crippen molar-refractivity contribution in [1.29, 1.82) is 0 Å². The van der Waals surface area contributed by atoms with Gasteiger partial charge in [-0.05, 0) is 53.5 Å². The molecule has 1 aromatic rings. The van der Waals surface area contributed by atoms with Crippen molar-refractivity contribution < 1.29 is 28.6 Å². The Morgan fingerprint density at radius 1 is 0.929 bits per heavy atom. The summed E-state index contributed by atoms with van der Waals surface area (Å²) in [5.74, 6) is -1.10. The molecule has 0 bridgehead atoms. The molecule has 0 heterocycles. The number of amides is 1. The highest BCUT2D eigenvalue weighted by Crippen LogP contribution is 2.12. The van der Waals surface area contributed by atoms with E-state index in [0.717, 1.165) is 5.56 Å². The Morgan fingerprint density at radius 2 is 1.50 bits per heavy atom. The van der Waals surface area contributed by atoms with E-state index < -0.39 is 35.3 Å². The lowest BCUT2D eigenvalue weighted by Crippen LogP contribution is -2.44. The molecule has 0 aliphatic carbocycles. The van der Waals surface area contributed by atoms with E-state index in [0.29, 0.717) is 0 Å². The lowest BCUT2D eigenvalue weighted by Gasteiger charge is -2.23. The van der Waals surface area contributed by atoms with Crippen LogP contribution in [-0.2, 0) is 30.4 Å². The molecule has 0 saturated heterocycles. The second-order valence-corrected chi connectivity index (χ2v) is 8.42. The van der Waals surface area contributed by atoms with Crippen LogP contribution in [0.2, 0.25) is 0 Å². The summed E-state index contributed by atoms with van der Waals surface area (Å²) in [4.78, 5) is 36.5. The van der Waals surface area contributed by atoms with Gasteiger partial charge in [0, 0.05) is 6.42 Å². The van der Waals surface area contributed by atoms with Crippen LogP contribution >= 0.6 is 0 Å². The van der Waals surface area contributed by atoms with Gasteiger partial charge in [0.2, 0.25) is 0 Å². The summed E-state index contributed by atoms with van der Waals surface area (Å²) in [5.41, 5.74) is -0.522. The topological polar surface area (TPSA) is 90.9 Å². The Morgan fingerprint density at radius 3 is 2.04 bits per heavy atom. The lowest BCUT2D eigenvalue weighted by atomic mass is 10.1. The number of hydrogen-bond acceptors (Lipinski definition) is 6. The number of alkyl carbamates (subject to hydrolysis) is 1. The maximum Gasteiger partial charge on any atom is 0.408 e. The highest BCUT2D eigenvalue weighted by atomic mass is 16.6. The first-order chi connectivity index (χ1) is 12.9. The average molecular weight is 393 g/mol. The molecular formula is C21H31NO6. The van der Waals surface area contributed by atoms with Crippen molar-refractivity contribution >= 4 is 18.0 Å². The molecule has 1 atom stereocenters. The van der Waals surface area contributed by atoms with Crippen LogP contribution in [0.15, 0.2) is 30.3 Å². The first-order valence-corrected chi connectivity index (χ1v) is 9.28. The maximum absolute atomic E-state index is 12.5. The maximum atomic E-state index is 12.5. The summed E-state index contributed by atoms with van der Waals surface area (Å²) in [6.07, 6.45) is -0.752. The SMILES string of the molecule is CC(C)(C)OC(=O)CC[C@@H](NC(=O)OC(C)(C)C)C(=O)OCc1ccccc1. The lowest BCUT2D eigenvalue weighted by molar-refractivity contribution is -0.155. The molecule has 1 rings (SSSR count). The molecule has 0 spiro atoms. The van der Waals surface area contributed by atoms with Crippen molar-refractivity contribution in [2.24, 2.45) is 0 Å². The van der Waals surface area contributed by atoms with Crippen LogP contribution in [-0.4, -0.2) is 35.3 Å². The van der Waals surface area contributed by atoms with Crippen molar-refractivity contribution in [1.82, 2.24) is 5.32 Å². The summed E-state index contributed by atoms with van der Waals surface area (Å²) in [7, 11) is 0. The van der Waals surface area contributed by atoms with Gasteiger partial charge in [0.15, 0.2) is 0 Å². The zero-order valence-electron chi connectivity index (χ0n) is 17.5. The highest BCUT2D eigenvalue weighted by Gasteiger charge is 2.27. The predicted octanol–water partition coefficient (Wildman–Crippen LogP) is 3.75. The molecule has 0 saturated carbocycles. The molecule has 0 aliphatic rings. The predicted molar refractivity (Wildman–Crippen MR) is 104 cm³/mol. The second-order valence-electron chi connectivity index (χ2n) is 8.42. The third-order valence-electron chi connectivity index (χ3n) is 3.26. The first-order valence-electron chi connectivity index (χ1n) is 9.28. The third-order valence-corrected chi connectivity index (χ3v) is 3.26. The summed E-state index contributed by atoms with van der Waals surface area (Å²) in [6, 6.07) is 8.16. The van der Waals surface area contributed by atoms with Gasteiger partial charge in [-0.25, -0.2) is 9.59 Å². The minimum atomic E-state index is -1.02. The molecule has 156 valence electrons. The number of esters is 2. The van der Waals surface area contributed by atoms with Crippen LogP contribution in [0, 0.1) is 0 Å². The molecule has 28 heavy (non-hydrogen) atoms. The fourth-order valence-electron chi connectivity index (χ4n) is 2.18. The van der Waals surface area contributed by atoms with Crippen molar-refractivity contribution in [2.75, 3.05) is 0 Å². The van der Waals surface area contributed by atoms with E-state index in [2.05, 4.69) is 5.32 Å². The minimum absolute atomic E-state index is 0.0434. The summed E-state index contributed by atoms with van der Waals surface area (Å²) >= 11 is 0. The zero-order chi connectivity index (χ0) is 21.4. The normalized spacial score (nSPS) is 12.6. The van der Waals surface area contributed by atoms with Crippen LogP contribution in [0.25, 0.3) is 0 Å². The minimum Gasteiger partial charge on any atom is -0.460 e. The van der Waals surface area contributed by atoms with Gasteiger partial charge in [-0.1, -0.05) is 30.3 Å². The fraction of sp³-hybridized carbons (Fsp3) is 0.571. The van der Waals surface area contributed by atoms with Gasteiger partial charge in [0.25, 0.3) is 0 Å². The van der Waals surface area contributed by atoms with Crippen molar-refractivity contribution in [3.05, 3.63) is 35.9 Å². The van der Waals surface area contributed by atoms with Crippen LogP contribution in [0.1, 0.15) is 59.9 Å². The highest BCUT2D eigenvalue weighted by molar-refractivity contribution is 5.82. The van der Waals surface area contributed by atoms with E-state index >= 15 is 0 Å². The molecule has 1 amide bonds. The average Bonchev–Trinajstić information content (AvgIpc) is 2.54. The molecule has 0 aliphatic heterocycles. The van der Waals surface area contributed by atoms with Gasteiger partial charge in [0.1, 0.15) is 23.9 Å². The van der Waals surface area contributed by atoms with Crippen LogP contribution < -0.4 is 5.32 Å². The fourth-order valence-corrected chi connectivity index (χ4v) is 2.18. The van der Waals surface area contributed by atoms with E-state index in [-0.39, 0.29) is 19.4 Å². The Hall–Kier alpha value is -2.57. The van der Waals surface area contributed by atoms with Crippen molar-refractivity contribution in [3.8, 4) is 0 Å². The molecule has 0 radical (unpaired) electrons. The standard InChI is InChI=1S/C21H31NO6/c1-20(2,3)27-17(23)13-12-16(22-19(25)28-21(4,5)6)18(24)26-14-15-10-8-7-9-11-15/h7-11,16H,12-14H2,1-6H3,(H,22,25)/t16-/m1/s1. The largest absolute Gasteiger partial charge is 0.460 e. The summed E-state index contributed by atoms with van der Waals surface area (Å²) < 4.78 is 15.7. The molecule has 7 heteroatoms. The number of ether oxygens (including phenoxy) is 3. The Balaban J connectivity index is 2.71. The van der Waals surface area contributed by atoms with E-state index in [4.69, 9.17) is 14.2 Å². The number of rotatable bonds is 7. The van der Waals surface area contributed by atoms with Gasteiger partial charge >= 0.3 is 18.0 Å². The third kappa shape index (κ3) is 10.5. The number of hydrogen-bond donors (Lipinski definition) is 1. The van der Waals surface area contributed by atoms with Crippen molar-refractivity contribution in [3.63, 3.8) is 0 Å². The van der Waals surface area contributed by atoms with Gasteiger partial charge in [0.05, 0.1) is 0 Å². The Labute approximate surface area is 166 Å². The van der Waals surface area contributed by atoms with E-state index in [1.54, 1.807) is 41.5 Å². The molecule has 1 N–H and O–H groups in total. The Kier molecular flexibility index (Phi) is 8.47. The number of benzene rings is 1. The Bertz CT molecular complexity index is 658. The van der Waals surface area contributed by atoms with Crippen LogP contribution in [0.4, 0.5) is 4.79 Å². The van der Waals surface area contributed by atoms with E-state index in [9.17, 15) is 14.4 Å². The quantitative estimate of drug-likeness (QED) is 0.560. The van der Waals surface area contributed by atoms with Gasteiger partial charge in [-0.15, -0.1) is 0 Å². The molecule has 1 aromatic carbocycles. The zero-order valence-corrected chi connectivity index (χ0v) is 17.5. The molecule has 0 aromatic heterocycles. The van der Waals surface area contributed by atoms with Gasteiger partial charge < -0.3 is 19.5 Å². The summed E-state index contributed by atoms with van der Waals surface area (Å²) in [5, 5.41) is 2.48. The molecular weight excluding hydrogens is 362 g/mol. The van der Waals surface area contributed by atoms with E-state index in [1.807, 2.05) is 30.3 Å². The van der Waals surface area contributed by atoms with Crippen molar-refractivity contribution in [2.45, 2.75) is 78.2 Å². The number of nitrogens with one attached hydrogen (secondary N) is 1. The molecule has 0 fully saturated rings. The van der Waals surface area contributed by atoms with E-state index in [1.165, 1.54) is 0 Å².